The van der Waals surface area contributed by atoms with Crippen LogP contribution in [0.15, 0.2) is 48.5 Å². The monoisotopic (exact) mass is 430 g/mol. The van der Waals surface area contributed by atoms with Crippen molar-refractivity contribution in [1.82, 2.24) is 4.90 Å². The number of hydrogen-bond donors (Lipinski definition) is 1. The molecule has 0 saturated carbocycles. The topological polar surface area (TPSA) is 50.8 Å². The Morgan fingerprint density at radius 3 is 2.47 bits per heavy atom. The fourth-order valence-corrected chi connectivity index (χ4v) is 3.28. The maximum Gasteiger partial charge on any atom is 0.248 e. The molecule has 0 bridgehead atoms. The number of benzene rings is 2. The predicted octanol–water partition coefficient (Wildman–Crippen LogP) is 5.50. The number of nitrogens with one attached hydrogen (secondary N) is 1. The van der Waals surface area contributed by atoms with Crippen molar-refractivity contribution in [1.29, 1.82) is 0 Å². The van der Waals surface area contributed by atoms with Gasteiger partial charge in [-0.05, 0) is 55.8 Å². The largest absolute Gasteiger partial charge is 0.493 e. The summed E-state index contributed by atoms with van der Waals surface area (Å²) in [5, 5.41) is 3.45. The molecule has 2 rings (SSSR count). The number of rotatable bonds is 12. The summed E-state index contributed by atoms with van der Waals surface area (Å²) in [5.74, 6) is 0.999. The van der Waals surface area contributed by atoms with Crippen LogP contribution in [-0.2, 0) is 4.79 Å². The van der Waals surface area contributed by atoms with Gasteiger partial charge >= 0.3 is 0 Å². The number of halogens is 1. The van der Waals surface area contributed by atoms with Crippen molar-refractivity contribution in [3.63, 3.8) is 0 Å². The summed E-state index contributed by atoms with van der Waals surface area (Å²) < 4.78 is 11.4. The van der Waals surface area contributed by atoms with Crippen molar-refractivity contribution in [2.45, 2.75) is 26.7 Å². The second kappa shape index (κ2) is 12.9. The van der Waals surface area contributed by atoms with Crippen molar-refractivity contribution >= 4 is 29.3 Å². The van der Waals surface area contributed by atoms with Crippen LogP contribution in [0, 0.1) is 0 Å². The summed E-state index contributed by atoms with van der Waals surface area (Å²) in [7, 11) is 1.60. The second-order valence-corrected chi connectivity index (χ2v) is 7.31. The average Bonchev–Trinajstić information content (AvgIpc) is 2.74. The van der Waals surface area contributed by atoms with Crippen molar-refractivity contribution in [3.05, 3.63) is 59.1 Å². The lowest BCUT2D eigenvalue weighted by Gasteiger charge is -2.21. The zero-order valence-electron chi connectivity index (χ0n) is 18.0. The van der Waals surface area contributed by atoms with E-state index >= 15 is 0 Å². The standard InChI is InChI=1S/C24H31ClN2O3/c1-4-14-27(15-5-2)16-17-30-23-18-20(11-12-22(23)29-3)26-24(28)13-10-19-8-6-7-9-21(19)25/h6-13,18H,4-5,14-17H2,1-3H3,(H,26,28). The molecule has 0 unspecified atom stereocenters. The molecule has 162 valence electrons. The van der Waals surface area contributed by atoms with Gasteiger partial charge in [0.05, 0.1) is 7.11 Å². The zero-order chi connectivity index (χ0) is 21.8. The summed E-state index contributed by atoms with van der Waals surface area (Å²) in [5.41, 5.74) is 1.43. The number of methoxy groups -OCH3 is 1. The lowest BCUT2D eigenvalue weighted by molar-refractivity contribution is -0.111. The van der Waals surface area contributed by atoms with Crippen LogP contribution >= 0.6 is 11.6 Å². The van der Waals surface area contributed by atoms with Gasteiger partial charge in [-0.15, -0.1) is 0 Å². The van der Waals surface area contributed by atoms with Gasteiger partial charge in [0.15, 0.2) is 11.5 Å². The van der Waals surface area contributed by atoms with Crippen LogP contribution in [0.5, 0.6) is 11.5 Å². The molecule has 0 aliphatic carbocycles. The molecule has 2 aromatic carbocycles. The van der Waals surface area contributed by atoms with Crippen LogP contribution in [0.4, 0.5) is 5.69 Å². The number of amides is 1. The molecule has 1 amide bonds. The van der Waals surface area contributed by atoms with E-state index in [1.807, 2.05) is 18.2 Å². The summed E-state index contributed by atoms with van der Waals surface area (Å²) in [6, 6.07) is 12.7. The molecule has 0 aliphatic heterocycles. The number of ether oxygens (including phenoxy) is 2. The third-order valence-electron chi connectivity index (χ3n) is 4.50. The number of nitrogens with zero attached hydrogens (tertiary/aromatic N) is 1. The highest BCUT2D eigenvalue weighted by atomic mass is 35.5. The molecule has 0 aromatic heterocycles. The lowest BCUT2D eigenvalue weighted by Crippen LogP contribution is -2.30. The summed E-state index contributed by atoms with van der Waals surface area (Å²) in [6.07, 6.45) is 5.38. The van der Waals surface area contributed by atoms with E-state index < -0.39 is 0 Å². The van der Waals surface area contributed by atoms with Crippen LogP contribution in [0.1, 0.15) is 32.3 Å². The zero-order valence-corrected chi connectivity index (χ0v) is 18.7. The fourth-order valence-electron chi connectivity index (χ4n) is 3.08. The van der Waals surface area contributed by atoms with E-state index in [4.69, 9.17) is 21.1 Å². The molecular weight excluding hydrogens is 400 g/mol. The Morgan fingerprint density at radius 1 is 1.07 bits per heavy atom. The fraction of sp³-hybridized carbons (Fsp3) is 0.375. The van der Waals surface area contributed by atoms with Crippen molar-refractivity contribution < 1.29 is 14.3 Å². The highest BCUT2D eigenvalue weighted by Gasteiger charge is 2.09. The molecular formula is C24H31ClN2O3. The highest BCUT2D eigenvalue weighted by Crippen LogP contribution is 2.30. The number of carbonyl (C=O) groups is 1. The van der Waals surface area contributed by atoms with Crippen molar-refractivity contribution in [3.8, 4) is 11.5 Å². The van der Waals surface area contributed by atoms with Crippen molar-refractivity contribution in [2.75, 3.05) is 38.7 Å². The Hall–Kier alpha value is -2.50. The summed E-state index contributed by atoms with van der Waals surface area (Å²) in [6.45, 7) is 7.88. The van der Waals surface area contributed by atoms with E-state index in [0.717, 1.165) is 38.0 Å². The minimum atomic E-state index is -0.247. The molecule has 0 aliphatic rings. The van der Waals surface area contributed by atoms with Crippen LogP contribution in [0.2, 0.25) is 5.02 Å². The maximum atomic E-state index is 12.3. The van der Waals surface area contributed by atoms with Gasteiger partial charge in [0, 0.05) is 29.4 Å². The molecule has 0 radical (unpaired) electrons. The average molecular weight is 431 g/mol. The number of hydrogen-bond acceptors (Lipinski definition) is 4. The van der Waals surface area contributed by atoms with Crippen molar-refractivity contribution in [2.24, 2.45) is 0 Å². The third kappa shape index (κ3) is 7.73. The maximum absolute atomic E-state index is 12.3. The number of anilines is 1. The molecule has 0 fully saturated rings. The molecule has 0 spiro atoms. The van der Waals surface area contributed by atoms with E-state index in [0.29, 0.717) is 28.8 Å². The normalized spacial score (nSPS) is 11.1. The van der Waals surface area contributed by atoms with Gasteiger partial charge < -0.3 is 14.8 Å². The van der Waals surface area contributed by atoms with Gasteiger partial charge in [-0.2, -0.15) is 0 Å². The molecule has 30 heavy (non-hydrogen) atoms. The minimum Gasteiger partial charge on any atom is -0.493 e. The molecule has 5 nitrogen and oxygen atoms in total. The van der Waals surface area contributed by atoms with E-state index in [1.54, 1.807) is 37.5 Å². The summed E-state index contributed by atoms with van der Waals surface area (Å²) >= 11 is 6.12. The van der Waals surface area contributed by atoms with Gasteiger partial charge in [0.1, 0.15) is 6.61 Å². The molecule has 0 heterocycles. The lowest BCUT2D eigenvalue weighted by atomic mass is 10.2. The van der Waals surface area contributed by atoms with Crippen LogP contribution in [-0.4, -0.2) is 44.2 Å². The Labute approximate surface area is 184 Å². The van der Waals surface area contributed by atoms with Gasteiger partial charge in [0.2, 0.25) is 5.91 Å². The third-order valence-corrected chi connectivity index (χ3v) is 4.84. The molecule has 0 atom stereocenters. The second-order valence-electron chi connectivity index (χ2n) is 6.90. The molecule has 2 aromatic rings. The van der Waals surface area contributed by atoms with E-state index in [1.165, 1.54) is 6.08 Å². The first-order valence-electron chi connectivity index (χ1n) is 10.3. The predicted molar refractivity (Wildman–Crippen MR) is 125 cm³/mol. The number of carbonyl (C=O) groups excluding carboxylic acids is 1. The SMILES string of the molecule is CCCN(CCC)CCOc1cc(NC(=O)C=Cc2ccccc2Cl)ccc1OC. The molecule has 0 saturated heterocycles. The first-order valence-corrected chi connectivity index (χ1v) is 10.7. The van der Waals surface area contributed by atoms with Gasteiger partial charge in [-0.1, -0.05) is 43.6 Å². The Morgan fingerprint density at radius 2 is 1.80 bits per heavy atom. The van der Waals surface area contributed by atoms with E-state index in [-0.39, 0.29) is 5.91 Å². The van der Waals surface area contributed by atoms with E-state index in [9.17, 15) is 4.79 Å². The van der Waals surface area contributed by atoms with Crippen LogP contribution in [0.3, 0.4) is 0 Å². The smallest absolute Gasteiger partial charge is 0.248 e. The summed E-state index contributed by atoms with van der Waals surface area (Å²) in [4.78, 5) is 14.7. The minimum absolute atomic E-state index is 0.247. The molecule has 1 N–H and O–H groups in total. The quantitative estimate of drug-likeness (QED) is 0.451. The first kappa shape index (κ1) is 23.8. The first-order chi connectivity index (χ1) is 14.6. The Balaban J connectivity index is 1.99. The van der Waals surface area contributed by atoms with Crippen LogP contribution in [0.25, 0.3) is 6.08 Å². The van der Waals surface area contributed by atoms with Crippen LogP contribution < -0.4 is 14.8 Å². The van der Waals surface area contributed by atoms with Gasteiger partial charge in [-0.25, -0.2) is 0 Å². The highest BCUT2D eigenvalue weighted by molar-refractivity contribution is 6.32. The van der Waals surface area contributed by atoms with Gasteiger partial charge in [0.25, 0.3) is 0 Å². The Bertz CT molecular complexity index is 833. The Kier molecular flexibility index (Phi) is 10.3. The van der Waals surface area contributed by atoms with Gasteiger partial charge in [-0.3, -0.25) is 9.69 Å². The molecule has 6 heteroatoms. The van der Waals surface area contributed by atoms with E-state index in [2.05, 4.69) is 24.1 Å².